The summed E-state index contributed by atoms with van der Waals surface area (Å²) in [6.07, 6.45) is 4.74. The van der Waals surface area contributed by atoms with Gasteiger partial charge in [0.25, 0.3) is 0 Å². The molecule has 1 aromatic heterocycles. The van der Waals surface area contributed by atoms with Crippen LogP contribution >= 0.6 is 22.6 Å². The number of hydrogen-bond acceptors (Lipinski definition) is 3. The minimum absolute atomic E-state index is 0.690. The Bertz CT molecular complexity index is 414. The SMILES string of the molecule is CCNc1nc(CCC(C)C)nc(C2CC2)c1I. The lowest BCUT2D eigenvalue weighted by molar-refractivity contribution is 0.573. The van der Waals surface area contributed by atoms with Crippen LogP contribution in [0.25, 0.3) is 0 Å². The highest BCUT2D eigenvalue weighted by Crippen LogP contribution is 2.42. The number of rotatable bonds is 6. The van der Waals surface area contributed by atoms with Crippen LogP contribution in [0.2, 0.25) is 0 Å². The first kappa shape index (κ1) is 14.0. The molecule has 0 atom stereocenters. The normalized spacial score (nSPS) is 15.2. The number of anilines is 1. The van der Waals surface area contributed by atoms with E-state index in [9.17, 15) is 0 Å². The van der Waals surface area contributed by atoms with Gasteiger partial charge >= 0.3 is 0 Å². The van der Waals surface area contributed by atoms with Crippen LogP contribution in [-0.2, 0) is 6.42 Å². The third-order valence-electron chi connectivity index (χ3n) is 3.18. The second kappa shape index (κ2) is 6.17. The fourth-order valence-electron chi connectivity index (χ4n) is 1.95. The number of nitrogens with one attached hydrogen (secondary N) is 1. The van der Waals surface area contributed by atoms with E-state index in [-0.39, 0.29) is 0 Å². The largest absolute Gasteiger partial charge is 0.369 e. The van der Waals surface area contributed by atoms with Gasteiger partial charge in [-0.2, -0.15) is 0 Å². The zero-order chi connectivity index (χ0) is 13.1. The quantitative estimate of drug-likeness (QED) is 0.781. The maximum atomic E-state index is 4.79. The van der Waals surface area contributed by atoms with Gasteiger partial charge in [-0.1, -0.05) is 13.8 Å². The Morgan fingerprint density at radius 3 is 2.61 bits per heavy atom. The first-order chi connectivity index (χ1) is 8.61. The second-order valence-corrected chi connectivity index (χ2v) is 6.50. The maximum absolute atomic E-state index is 4.79. The van der Waals surface area contributed by atoms with E-state index < -0.39 is 0 Å². The summed E-state index contributed by atoms with van der Waals surface area (Å²) in [4.78, 5) is 9.47. The molecular weight excluding hydrogens is 337 g/mol. The number of halogens is 1. The van der Waals surface area contributed by atoms with Crippen molar-refractivity contribution in [1.82, 2.24) is 9.97 Å². The Labute approximate surface area is 123 Å². The molecule has 0 aliphatic heterocycles. The molecule has 0 saturated heterocycles. The lowest BCUT2D eigenvalue weighted by atomic mass is 10.1. The predicted octanol–water partition coefficient (Wildman–Crippen LogP) is 3.98. The second-order valence-electron chi connectivity index (χ2n) is 5.42. The third kappa shape index (κ3) is 3.56. The highest BCUT2D eigenvalue weighted by molar-refractivity contribution is 14.1. The van der Waals surface area contributed by atoms with Crippen molar-refractivity contribution < 1.29 is 0 Å². The summed E-state index contributed by atoms with van der Waals surface area (Å²) in [5.74, 6) is 3.45. The van der Waals surface area contributed by atoms with Crippen molar-refractivity contribution in [3.8, 4) is 0 Å². The zero-order valence-corrected chi connectivity index (χ0v) is 13.6. The molecule has 1 aliphatic rings. The molecule has 0 bridgehead atoms. The van der Waals surface area contributed by atoms with E-state index in [0.717, 1.165) is 31.0 Å². The van der Waals surface area contributed by atoms with Gasteiger partial charge in [0.15, 0.2) is 0 Å². The van der Waals surface area contributed by atoms with Crippen LogP contribution in [0, 0.1) is 9.49 Å². The molecule has 0 unspecified atom stereocenters. The number of hydrogen-bond donors (Lipinski definition) is 1. The molecule has 1 saturated carbocycles. The van der Waals surface area contributed by atoms with Gasteiger partial charge in [-0.3, -0.25) is 0 Å². The van der Waals surface area contributed by atoms with E-state index in [4.69, 9.17) is 4.98 Å². The van der Waals surface area contributed by atoms with Gasteiger partial charge in [0.1, 0.15) is 11.6 Å². The van der Waals surface area contributed by atoms with Crippen LogP contribution < -0.4 is 5.32 Å². The summed E-state index contributed by atoms with van der Waals surface area (Å²) in [7, 11) is 0. The molecular formula is C14H22IN3. The first-order valence-corrected chi connectivity index (χ1v) is 7.99. The predicted molar refractivity (Wildman–Crippen MR) is 84.0 cm³/mol. The van der Waals surface area contributed by atoms with Crippen LogP contribution in [0.4, 0.5) is 5.82 Å². The summed E-state index contributed by atoms with van der Waals surface area (Å²) < 4.78 is 1.23. The van der Waals surface area contributed by atoms with Gasteiger partial charge in [0.2, 0.25) is 0 Å². The van der Waals surface area contributed by atoms with Crippen molar-refractivity contribution in [1.29, 1.82) is 0 Å². The van der Waals surface area contributed by atoms with Crippen molar-refractivity contribution in [3.63, 3.8) is 0 Å². The Hall–Kier alpha value is -0.390. The topological polar surface area (TPSA) is 37.8 Å². The van der Waals surface area contributed by atoms with Crippen LogP contribution in [-0.4, -0.2) is 16.5 Å². The molecule has 1 heterocycles. The summed E-state index contributed by atoms with van der Waals surface area (Å²) in [6.45, 7) is 7.53. The van der Waals surface area contributed by atoms with E-state index in [1.165, 1.54) is 22.1 Å². The lowest BCUT2D eigenvalue weighted by Gasteiger charge is -2.12. The van der Waals surface area contributed by atoms with E-state index in [1.807, 2.05) is 0 Å². The lowest BCUT2D eigenvalue weighted by Crippen LogP contribution is -2.10. The van der Waals surface area contributed by atoms with Crippen molar-refractivity contribution in [2.45, 2.75) is 52.4 Å². The van der Waals surface area contributed by atoms with Gasteiger partial charge in [-0.25, -0.2) is 9.97 Å². The average Bonchev–Trinajstić information content (AvgIpc) is 3.14. The molecule has 0 radical (unpaired) electrons. The number of nitrogens with zero attached hydrogens (tertiary/aromatic N) is 2. The fourth-order valence-corrected chi connectivity index (χ4v) is 2.83. The molecule has 1 aliphatic carbocycles. The Morgan fingerprint density at radius 1 is 1.33 bits per heavy atom. The molecule has 0 spiro atoms. The summed E-state index contributed by atoms with van der Waals surface area (Å²) >= 11 is 2.39. The van der Waals surface area contributed by atoms with Crippen molar-refractivity contribution in [3.05, 3.63) is 15.1 Å². The van der Waals surface area contributed by atoms with E-state index >= 15 is 0 Å². The minimum atomic E-state index is 0.690. The standard InChI is InChI=1S/C14H22IN3/c1-4-16-14-12(15)13(10-6-7-10)17-11(18-14)8-5-9(2)3/h9-10H,4-8H2,1-3H3,(H,16,17,18). The zero-order valence-electron chi connectivity index (χ0n) is 11.5. The Morgan fingerprint density at radius 2 is 2.06 bits per heavy atom. The van der Waals surface area contributed by atoms with E-state index in [2.05, 4.69) is 53.7 Å². The molecule has 18 heavy (non-hydrogen) atoms. The highest BCUT2D eigenvalue weighted by atomic mass is 127. The van der Waals surface area contributed by atoms with Crippen LogP contribution in [0.1, 0.15) is 57.5 Å². The summed E-state index contributed by atoms with van der Waals surface area (Å²) in [5, 5.41) is 3.37. The van der Waals surface area contributed by atoms with Crippen molar-refractivity contribution in [2.75, 3.05) is 11.9 Å². The fraction of sp³-hybridized carbons (Fsp3) is 0.714. The minimum Gasteiger partial charge on any atom is -0.369 e. The van der Waals surface area contributed by atoms with Gasteiger partial charge < -0.3 is 5.32 Å². The smallest absolute Gasteiger partial charge is 0.143 e. The van der Waals surface area contributed by atoms with Gasteiger partial charge in [-0.15, -0.1) is 0 Å². The first-order valence-electron chi connectivity index (χ1n) is 6.92. The number of aromatic nitrogens is 2. The molecule has 2 rings (SSSR count). The third-order valence-corrected chi connectivity index (χ3v) is 4.24. The Kier molecular flexibility index (Phi) is 4.81. The molecule has 0 amide bonds. The summed E-state index contributed by atoms with van der Waals surface area (Å²) in [6, 6.07) is 0. The molecule has 1 aromatic rings. The monoisotopic (exact) mass is 359 g/mol. The maximum Gasteiger partial charge on any atom is 0.143 e. The average molecular weight is 359 g/mol. The van der Waals surface area contributed by atoms with Gasteiger partial charge in [-0.05, 0) is 54.7 Å². The van der Waals surface area contributed by atoms with E-state index in [1.54, 1.807) is 0 Å². The number of aryl methyl sites for hydroxylation is 1. The van der Waals surface area contributed by atoms with Gasteiger partial charge in [0, 0.05) is 18.9 Å². The van der Waals surface area contributed by atoms with Crippen LogP contribution in [0.3, 0.4) is 0 Å². The molecule has 3 nitrogen and oxygen atoms in total. The van der Waals surface area contributed by atoms with Gasteiger partial charge in [0.05, 0.1) is 9.26 Å². The van der Waals surface area contributed by atoms with Crippen LogP contribution in [0.5, 0.6) is 0 Å². The Balaban J connectivity index is 2.23. The van der Waals surface area contributed by atoms with Crippen LogP contribution in [0.15, 0.2) is 0 Å². The molecule has 1 fully saturated rings. The molecule has 1 N–H and O–H groups in total. The highest BCUT2D eigenvalue weighted by Gasteiger charge is 2.29. The van der Waals surface area contributed by atoms with Crippen molar-refractivity contribution >= 4 is 28.4 Å². The molecule has 100 valence electrons. The molecule has 4 heteroatoms. The molecule has 0 aromatic carbocycles. The summed E-state index contributed by atoms with van der Waals surface area (Å²) in [5.41, 5.74) is 1.28. The van der Waals surface area contributed by atoms with Crippen molar-refractivity contribution in [2.24, 2.45) is 5.92 Å². The van der Waals surface area contributed by atoms with E-state index in [0.29, 0.717) is 11.8 Å².